The topological polar surface area (TPSA) is 69.6 Å². The zero-order valence-corrected chi connectivity index (χ0v) is 10.4. The summed E-state index contributed by atoms with van der Waals surface area (Å²) in [7, 11) is 0. The van der Waals surface area contributed by atoms with Crippen LogP contribution in [0.4, 0.5) is 5.69 Å². The van der Waals surface area contributed by atoms with Gasteiger partial charge in [0, 0.05) is 12.2 Å². The minimum absolute atomic E-state index is 0.195. The number of hydrogen-bond donors (Lipinski definition) is 3. The van der Waals surface area contributed by atoms with Gasteiger partial charge in [-0.2, -0.15) is 0 Å². The average molecular weight is 237 g/mol. The van der Waals surface area contributed by atoms with E-state index < -0.39 is 12.1 Å². The predicted molar refractivity (Wildman–Crippen MR) is 67.5 cm³/mol. The number of aromatic carboxylic acids is 1. The Kier molecular flexibility index (Phi) is 4.52. The van der Waals surface area contributed by atoms with Gasteiger partial charge in [0.15, 0.2) is 0 Å². The summed E-state index contributed by atoms with van der Waals surface area (Å²) < 4.78 is 0. The van der Waals surface area contributed by atoms with Crippen LogP contribution in [0, 0.1) is 12.8 Å². The maximum absolute atomic E-state index is 10.8. The van der Waals surface area contributed by atoms with Crippen molar-refractivity contribution in [3.63, 3.8) is 0 Å². The van der Waals surface area contributed by atoms with Crippen LogP contribution in [0.15, 0.2) is 18.2 Å². The minimum atomic E-state index is -0.929. The molecule has 1 atom stereocenters. The van der Waals surface area contributed by atoms with Crippen LogP contribution < -0.4 is 5.32 Å². The summed E-state index contributed by atoms with van der Waals surface area (Å²) in [6.07, 6.45) is -0.409. The Labute approximate surface area is 101 Å². The number of carbonyl (C=O) groups is 1. The van der Waals surface area contributed by atoms with Gasteiger partial charge in [-0.05, 0) is 36.6 Å². The maximum atomic E-state index is 10.8. The molecule has 0 aromatic heterocycles. The van der Waals surface area contributed by atoms with E-state index in [-0.39, 0.29) is 11.5 Å². The van der Waals surface area contributed by atoms with Gasteiger partial charge in [0.2, 0.25) is 0 Å². The molecular weight excluding hydrogens is 218 g/mol. The first-order valence-electron chi connectivity index (χ1n) is 5.67. The van der Waals surface area contributed by atoms with Gasteiger partial charge in [-0.1, -0.05) is 13.8 Å². The van der Waals surface area contributed by atoms with E-state index in [2.05, 4.69) is 5.32 Å². The van der Waals surface area contributed by atoms with Gasteiger partial charge in [0.1, 0.15) is 0 Å². The number of aliphatic hydroxyl groups is 1. The standard InChI is InChI=1S/C13H19NO3/c1-8(2)12(15)7-14-11-5-4-10(13(16)17)6-9(11)3/h4-6,8,12,14-15H,7H2,1-3H3,(H,16,17). The van der Waals surface area contributed by atoms with Crippen molar-refractivity contribution < 1.29 is 15.0 Å². The molecule has 1 aromatic rings. The Morgan fingerprint density at radius 3 is 2.53 bits per heavy atom. The summed E-state index contributed by atoms with van der Waals surface area (Å²) in [5.74, 6) is -0.733. The second-order valence-electron chi connectivity index (χ2n) is 4.53. The second kappa shape index (κ2) is 5.68. The molecule has 0 heterocycles. The highest BCUT2D eigenvalue weighted by atomic mass is 16.4. The molecule has 0 aliphatic rings. The number of hydrogen-bond acceptors (Lipinski definition) is 3. The molecule has 0 fully saturated rings. The van der Waals surface area contributed by atoms with Crippen molar-refractivity contribution in [2.45, 2.75) is 26.9 Å². The summed E-state index contributed by atoms with van der Waals surface area (Å²) >= 11 is 0. The van der Waals surface area contributed by atoms with E-state index in [1.807, 2.05) is 20.8 Å². The SMILES string of the molecule is Cc1cc(C(=O)O)ccc1NCC(O)C(C)C. The lowest BCUT2D eigenvalue weighted by Crippen LogP contribution is -2.25. The fourth-order valence-electron chi connectivity index (χ4n) is 1.45. The van der Waals surface area contributed by atoms with Gasteiger partial charge in [-0.15, -0.1) is 0 Å². The van der Waals surface area contributed by atoms with Gasteiger partial charge < -0.3 is 15.5 Å². The molecule has 0 aliphatic carbocycles. The van der Waals surface area contributed by atoms with Crippen LogP contribution in [-0.2, 0) is 0 Å². The van der Waals surface area contributed by atoms with Crippen LogP contribution in [-0.4, -0.2) is 28.8 Å². The van der Waals surface area contributed by atoms with Crippen LogP contribution in [0.5, 0.6) is 0 Å². The number of benzene rings is 1. The van der Waals surface area contributed by atoms with Crippen molar-refractivity contribution in [3.8, 4) is 0 Å². The molecule has 0 saturated heterocycles. The number of rotatable bonds is 5. The molecule has 0 bridgehead atoms. The minimum Gasteiger partial charge on any atom is -0.478 e. The Balaban J connectivity index is 2.70. The molecule has 4 nitrogen and oxygen atoms in total. The number of aryl methyl sites for hydroxylation is 1. The molecule has 0 amide bonds. The number of carboxylic acid groups (broad SMARTS) is 1. The molecule has 0 radical (unpaired) electrons. The maximum Gasteiger partial charge on any atom is 0.335 e. The lowest BCUT2D eigenvalue weighted by atomic mass is 10.1. The normalized spacial score (nSPS) is 12.5. The van der Waals surface area contributed by atoms with Crippen LogP contribution in [0.25, 0.3) is 0 Å². The summed E-state index contributed by atoms with van der Waals surface area (Å²) in [5.41, 5.74) is 1.99. The summed E-state index contributed by atoms with van der Waals surface area (Å²) in [4.78, 5) is 10.8. The van der Waals surface area contributed by atoms with Gasteiger partial charge in [0.25, 0.3) is 0 Å². The molecule has 4 heteroatoms. The third-order valence-corrected chi connectivity index (χ3v) is 2.74. The largest absolute Gasteiger partial charge is 0.478 e. The zero-order chi connectivity index (χ0) is 13.0. The van der Waals surface area contributed by atoms with E-state index in [0.717, 1.165) is 11.3 Å². The smallest absolute Gasteiger partial charge is 0.335 e. The number of carboxylic acids is 1. The first-order valence-corrected chi connectivity index (χ1v) is 5.67. The highest BCUT2D eigenvalue weighted by Crippen LogP contribution is 2.17. The molecule has 94 valence electrons. The van der Waals surface area contributed by atoms with Gasteiger partial charge in [-0.25, -0.2) is 4.79 Å². The van der Waals surface area contributed by atoms with Crippen LogP contribution in [0.1, 0.15) is 29.8 Å². The van der Waals surface area contributed by atoms with E-state index in [9.17, 15) is 9.90 Å². The van der Waals surface area contributed by atoms with Crippen molar-refractivity contribution in [1.29, 1.82) is 0 Å². The Morgan fingerprint density at radius 1 is 1.41 bits per heavy atom. The zero-order valence-electron chi connectivity index (χ0n) is 10.4. The van der Waals surface area contributed by atoms with E-state index in [4.69, 9.17) is 5.11 Å². The molecule has 17 heavy (non-hydrogen) atoms. The summed E-state index contributed by atoms with van der Waals surface area (Å²) in [6, 6.07) is 4.90. The van der Waals surface area contributed by atoms with Crippen molar-refractivity contribution in [2.24, 2.45) is 5.92 Å². The molecule has 0 saturated carbocycles. The van der Waals surface area contributed by atoms with E-state index in [1.165, 1.54) is 0 Å². The quantitative estimate of drug-likeness (QED) is 0.733. The average Bonchev–Trinajstić information content (AvgIpc) is 2.26. The van der Waals surface area contributed by atoms with E-state index in [1.54, 1.807) is 18.2 Å². The third kappa shape index (κ3) is 3.75. The Hall–Kier alpha value is -1.55. The molecule has 1 unspecified atom stereocenters. The van der Waals surface area contributed by atoms with Crippen molar-refractivity contribution >= 4 is 11.7 Å². The lowest BCUT2D eigenvalue weighted by Gasteiger charge is -2.17. The lowest BCUT2D eigenvalue weighted by molar-refractivity contribution is 0.0697. The molecule has 0 aliphatic heterocycles. The first kappa shape index (κ1) is 13.5. The molecular formula is C13H19NO3. The Bertz CT molecular complexity index is 402. The van der Waals surface area contributed by atoms with Crippen LogP contribution in [0.2, 0.25) is 0 Å². The first-order chi connectivity index (χ1) is 7.91. The molecule has 1 rings (SSSR count). The molecule has 0 spiro atoms. The third-order valence-electron chi connectivity index (χ3n) is 2.74. The van der Waals surface area contributed by atoms with Gasteiger partial charge in [-0.3, -0.25) is 0 Å². The monoisotopic (exact) mass is 237 g/mol. The predicted octanol–water partition coefficient (Wildman–Crippen LogP) is 2.12. The summed E-state index contributed by atoms with van der Waals surface area (Å²) in [6.45, 7) is 6.21. The fraction of sp³-hybridized carbons (Fsp3) is 0.462. The fourth-order valence-corrected chi connectivity index (χ4v) is 1.45. The van der Waals surface area contributed by atoms with Crippen molar-refractivity contribution in [3.05, 3.63) is 29.3 Å². The van der Waals surface area contributed by atoms with Crippen LogP contribution >= 0.6 is 0 Å². The number of nitrogens with one attached hydrogen (secondary N) is 1. The van der Waals surface area contributed by atoms with Crippen LogP contribution in [0.3, 0.4) is 0 Å². The highest BCUT2D eigenvalue weighted by molar-refractivity contribution is 5.88. The second-order valence-corrected chi connectivity index (χ2v) is 4.53. The summed E-state index contributed by atoms with van der Waals surface area (Å²) in [5, 5.41) is 21.6. The number of anilines is 1. The Morgan fingerprint density at radius 2 is 2.06 bits per heavy atom. The molecule has 1 aromatic carbocycles. The molecule has 3 N–H and O–H groups in total. The van der Waals surface area contributed by atoms with Gasteiger partial charge in [0.05, 0.1) is 11.7 Å². The van der Waals surface area contributed by atoms with Crippen molar-refractivity contribution in [1.82, 2.24) is 0 Å². The van der Waals surface area contributed by atoms with E-state index in [0.29, 0.717) is 6.54 Å². The van der Waals surface area contributed by atoms with E-state index >= 15 is 0 Å². The van der Waals surface area contributed by atoms with Crippen molar-refractivity contribution in [2.75, 3.05) is 11.9 Å². The highest BCUT2D eigenvalue weighted by Gasteiger charge is 2.10. The number of aliphatic hydroxyl groups excluding tert-OH is 1. The van der Waals surface area contributed by atoms with Gasteiger partial charge >= 0.3 is 5.97 Å².